The first-order valence-corrected chi connectivity index (χ1v) is 13.1. The van der Waals surface area contributed by atoms with Gasteiger partial charge < -0.3 is 15.1 Å². The van der Waals surface area contributed by atoms with Crippen LogP contribution in [0.1, 0.15) is 29.3 Å². The van der Waals surface area contributed by atoms with Crippen LogP contribution in [0.2, 0.25) is 10.2 Å². The first-order valence-electron chi connectivity index (χ1n) is 11.3. The summed E-state index contributed by atoms with van der Waals surface area (Å²) in [5, 5.41) is 4.71. The van der Waals surface area contributed by atoms with Crippen LogP contribution in [0, 0.1) is 0 Å². The number of hydrogen-bond acceptors (Lipinski definition) is 6. The van der Waals surface area contributed by atoms with Gasteiger partial charge in [-0.1, -0.05) is 60.1 Å². The first kappa shape index (κ1) is 24.6. The number of carbonyl (C=O) groups is 1. The largest absolute Gasteiger partial charge is 0.368 e. The summed E-state index contributed by atoms with van der Waals surface area (Å²) >= 11 is 14.0. The number of amides is 1. The molecule has 0 bridgehead atoms. The number of rotatable bonds is 8. The molecule has 2 heterocycles. The first-order chi connectivity index (χ1) is 16.5. The quantitative estimate of drug-likeness (QED) is 0.241. The van der Waals surface area contributed by atoms with Crippen LogP contribution in [0.4, 0.5) is 11.5 Å². The van der Waals surface area contributed by atoms with E-state index >= 15 is 0 Å². The van der Waals surface area contributed by atoms with Gasteiger partial charge in [0.2, 0.25) is 0 Å². The molecule has 0 spiro atoms. The van der Waals surface area contributed by atoms with Gasteiger partial charge in [0.05, 0.1) is 0 Å². The Morgan fingerprint density at radius 2 is 1.76 bits per heavy atom. The molecule has 1 fully saturated rings. The fourth-order valence-electron chi connectivity index (χ4n) is 3.77. The van der Waals surface area contributed by atoms with Crippen molar-refractivity contribution in [2.75, 3.05) is 42.5 Å². The summed E-state index contributed by atoms with van der Waals surface area (Å²) in [5.74, 6) is 1.44. The number of nitrogens with one attached hydrogen (secondary N) is 1. The summed E-state index contributed by atoms with van der Waals surface area (Å²) in [6, 6.07) is 17.4. The smallest absolute Gasteiger partial charge is 0.251 e. The molecule has 1 N–H and O–H groups in total. The minimum Gasteiger partial charge on any atom is -0.368 e. The molecule has 34 heavy (non-hydrogen) atoms. The van der Waals surface area contributed by atoms with Crippen LogP contribution >= 0.6 is 35.0 Å². The molecule has 1 aliphatic rings. The number of thioether (sulfide) groups is 1. The molecule has 0 aliphatic carbocycles. The highest BCUT2D eigenvalue weighted by atomic mass is 35.5. The molecular formula is C25H27Cl2N5OS. The maximum Gasteiger partial charge on any atom is 0.251 e. The van der Waals surface area contributed by atoms with Crippen LogP contribution in [0.15, 0.2) is 59.8 Å². The molecule has 0 radical (unpaired) electrons. The fourth-order valence-corrected chi connectivity index (χ4v) is 4.98. The Morgan fingerprint density at radius 3 is 2.53 bits per heavy atom. The van der Waals surface area contributed by atoms with Crippen molar-refractivity contribution in [2.45, 2.75) is 24.3 Å². The van der Waals surface area contributed by atoms with Crippen molar-refractivity contribution in [3.05, 3.63) is 75.9 Å². The predicted molar refractivity (Wildman–Crippen MR) is 142 cm³/mol. The maximum atomic E-state index is 12.2. The molecule has 1 saturated heterocycles. The Balaban J connectivity index is 1.38. The highest BCUT2D eigenvalue weighted by molar-refractivity contribution is 7.98. The average molecular weight is 516 g/mol. The van der Waals surface area contributed by atoms with Crippen LogP contribution < -0.4 is 15.1 Å². The molecule has 1 aromatic heterocycles. The van der Waals surface area contributed by atoms with Crippen LogP contribution in [-0.2, 0) is 5.75 Å². The van der Waals surface area contributed by atoms with Gasteiger partial charge in [-0.25, -0.2) is 9.97 Å². The van der Waals surface area contributed by atoms with Gasteiger partial charge in [0.15, 0.2) is 5.16 Å². The summed E-state index contributed by atoms with van der Waals surface area (Å²) in [6.07, 6.45) is 0.908. The van der Waals surface area contributed by atoms with E-state index in [2.05, 4.69) is 26.2 Å². The zero-order chi connectivity index (χ0) is 23.9. The average Bonchev–Trinajstić information content (AvgIpc) is 2.86. The number of benzene rings is 2. The van der Waals surface area contributed by atoms with Crippen LogP contribution in [0.3, 0.4) is 0 Å². The normalized spacial score (nSPS) is 13.7. The van der Waals surface area contributed by atoms with E-state index in [9.17, 15) is 4.79 Å². The van der Waals surface area contributed by atoms with E-state index in [1.807, 2.05) is 55.5 Å². The molecule has 178 valence electrons. The Labute approximate surface area is 214 Å². The molecular weight excluding hydrogens is 489 g/mol. The lowest BCUT2D eigenvalue weighted by Crippen LogP contribution is -2.46. The number of halogens is 2. The van der Waals surface area contributed by atoms with Gasteiger partial charge in [-0.2, -0.15) is 0 Å². The van der Waals surface area contributed by atoms with E-state index < -0.39 is 0 Å². The number of piperazine rings is 1. The number of aromatic nitrogens is 2. The predicted octanol–water partition coefficient (Wildman–Crippen LogP) is 5.54. The lowest BCUT2D eigenvalue weighted by Gasteiger charge is -2.36. The van der Waals surface area contributed by atoms with Gasteiger partial charge in [-0.15, -0.1) is 0 Å². The number of hydrogen-bond donors (Lipinski definition) is 1. The molecule has 0 saturated carbocycles. The second-order valence-electron chi connectivity index (χ2n) is 8.03. The lowest BCUT2D eigenvalue weighted by molar-refractivity contribution is 0.0953. The standard InChI is InChI=1S/C25H27Cl2N5OS/c1-2-9-28-24(33)19-6-3-5-18(14-19)17-34-25-29-22(27)16-23(30-25)32-12-10-31(11-13-32)21-8-4-7-20(26)15-21/h3-8,14-16H,2,9-13,17H2,1H3,(H,28,33). The van der Waals surface area contributed by atoms with Crippen molar-refractivity contribution >= 4 is 52.4 Å². The summed E-state index contributed by atoms with van der Waals surface area (Å²) < 4.78 is 0. The van der Waals surface area contributed by atoms with Gasteiger partial charge >= 0.3 is 0 Å². The van der Waals surface area contributed by atoms with E-state index in [0.717, 1.165) is 54.7 Å². The Bertz CT molecular complexity index is 1140. The van der Waals surface area contributed by atoms with E-state index in [1.165, 1.54) is 11.8 Å². The Kier molecular flexibility index (Phi) is 8.53. The second-order valence-corrected chi connectivity index (χ2v) is 9.80. The highest BCUT2D eigenvalue weighted by Gasteiger charge is 2.20. The topological polar surface area (TPSA) is 61.4 Å². The third-order valence-corrected chi connectivity index (χ3v) is 6.88. The number of carbonyl (C=O) groups excluding carboxylic acids is 1. The zero-order valence-electron chi connectivity index (χ0n) is 19.0. The third-order valence-electron chi connectivity index (χ3n) is 5.53. The van der Waals surface area contributed by atoms with E-state index in [4.69, 9.17) is 28.2 Å². The highest BCUT2D eigenvalue weighted by Crippen LogP contribution is 2.27. The van der Waals surface area contributed by atoms with Crippen molar-refractivity contribution in [3.63, 3.8) is 0 Å². The summed E-state index contributed by atoms with van der Waals surface area (Å²) in [7, 11) is 0. The molecule has 9 heteroatoms. The van der Waals surface area contributed by atoms with Crippen LogP contribution in [-0.4, -0.2) is 48.6 Å². The molecule has 1 amide bonds. The molecule has 0 unspecified atom stereocenters. The van der Waals surface area contributed by atoms with Crippen LogP contribution in [0.5, 0.6) is 0 Å². The van der Waals surface area contributed by atoms with Crippen molar-refractivity contribution in [1.82, 2.24) is 15.3 Å². The lowest BCUT2D eigenvalue weighted by atomic mass is 10.1. The molecule has 0 atom stereocenters. The summed E-state index contributed by atoms with van der Waals surface area (Å²) in [5.41, 5.74) is 2.83. The maximum absolute atomic E-state index is 12.2. The van der Waals surface area contributed by atoms with E-state index in [0.29, 0.717) is 28.2 Å². The van der Waals surface area contributed by atoms with Gasteiger partial charge in [-0.3, -0.25) is 4.79 Å². The Hall–Kier alpha value is -2.48. The minimum atomic E-state index is -0.0492. The third kappa shape index (κ3) is 6.56. The van der Waals surface area contributed by atoms with Gasteiger partial charge in [-0.05, 0) is 42.3 Å². The Morgan fingerprint density at radius 1 is 1.00 bits per heavy atom. The monoisotopic (exact) mass is 515 g/mol. The van der Waals surface area contributed by atoms with Crippen molar-refractivity contribution in [2.24, 2.45) is 0 Å². The number of nitrogens with zero attached hydrogens (tertiary/aromatic N) is 4. The minimum absolute atomic E-state index is 0.0492. The molecule has 6 nitrogen and oxygen atoms in total. The SMILES string of the molecule is CCCNC(=O)c1cccc(CSc2nc(Cl)cc(N3CCN(c4cccc(Cl)c4)CC3)n2)c1. The van der Waals surface area contributed by atoms with Crippen molar-refractivity contribution < 1.29 is 4.79 Å². The second kappa shape index (κ2) is 11.8. The molecule has 1 aliphatic heterocycles. The molecule has 4 rings (SSSR count). The van der Waals surface area contributed by atoms with Crippen molar-refractivity contribution in [1.29, 1.82) is 0 Å². The van der Waals surface area contributed by atoms with Crippen molar-refractivity contribution in [3.8, 4) is 0 Å². The molecule has 3 aromatic rings. The van der Waals surface area contributed by atoms with E-state index in [-0.39, 0.29) is 5.91 Å². The zero-order valence-corrected chi connectivity index (χ0v) is 21.3. The number of anilines is 2. The van der Waals surface area contributed by atoms with Gasteiger partial charge in [0.25, 0.3) is 5.91 Å². The summed E-state index contributed by atoms with van der Waals surface area (Å²) in [4.78, 5) is 26.0. The van der Waals surface area contributed by atoms with Gasteiger partial charge in [0, 0.05) is 60.8 Å². The van der Waals surface area contributed by atoms with Gasteiger partial charge in [0.1, 0.15) is 11.0 Å². The molecule has 2 aromatic carbocycles. The van der Waals surface area contributed by atoms with Crippen LogP contribution in [0.25, 0.3) is 0 Å². The van der Waals surface area contributed by atoms with E-state index in [1.54, 1.807) is 0 Å². The summed E-state index contributed by atoms with van der Waals surface area (Å²) in [6.45, 7) is 6.11. The fraction of sp³-hybridized carbons (Fsp3) is 0.320.